The van der Waals surface area contributed by atoms with Gasteiger partial charge in [0.15, 0.2) is 0 Å². The van der Waals surface area contributed by atoms with E-state index in [2.05, 4.69) is 29.0 Å². The fourth-order valence-corrected chi connectivity index (χ4v) is 2.80. The molecule has 0 saturated carbocycles. The zero-order chi connectivity index (χ0) is 15.7. The minimum atomic E-state index is 1.10. The summed E-state index contributed by atoms with van der Waals surface area (Å²) in [5.74, 6) is 1.14. The van der Waals surface area contributed by atoms with Crippen molar-refractivity contribution in [2.75, 3.05) is 0 Å². The summed E-state index contributed by atoms with van der Waals surface area (Å²) in [6.07, 6.45) is 27.3. The Hall–Kier alpha value is -1.05. The van der Waals surface area contributed by atoms with Gasteiger partial charge in [0.05, 0.1) is 0 Å². The molecule has 0 amide bonds. The Morgan fingerprint density at radius 3 is 2.00 bits per heavy atom. The van der Waals surface area contributed by atoms with E-state index in [1.165, 1.54) is 83.5 Å². The third-order valence-electron chi connectivity index (χ3n) is 4.23. The Morgan fingerprint density at radius 1 is 0.818 bits per heavy atom. The first-order chi connectivity index (χ1) is 10.9. The van der Waals surface area contributed by atoms with Gasteiger partial charge < -0.3 is 4.98 Å². The molecule has 1 aromatic rings. The number of aryl methyl sites for hydroxylation is 1. The number of hydrogen-bond acceptors (Lipinski definition) is 1. The molecule has 0 aliphatic carbocycles. The lowest BCUT2D eigenvalue weighted by Crippen LogP contribution is -1.88. The summed E-state index contributed by atoms with van der Waals surface area (Å²) >= 11 is 0. The Bertz CT molecular complexity index is 341. The molecular formula is C20H36N2. The van der Waals surface area contributed by atoms with Crippen molar-refractivity contribution in [3.05, 3.63) is 30.4 Å². The normalized spacial score (nSPS) is 11.5. The fraction of sp³-hybridized carbons (Fsp3) is 0.750. The van der Waals surface area contributed by atoms with Gasteiger partial charge in [0, 0.05) is 18.8 Å². The van der Waals surface area contributed by atoms with Gasteiger partial charge in [0.2, 0.25) is 0 Å². The van der Waals surface area contributed by atoms with Crippen molar-refractivity contribution in [2.24, 2.45) is 0 Å². The summed E-state index contributed by atoms with van der Waals surface area (Å²) in [4.78, 5) is 7.42. The number of nitrogens with zero attached hydrogens (tertiary/aromatic N) is 1. The standard InChI is InChI=1S/C20H36N2/c1-2-3-4-5-6-7-8-9-10-11-12-13-14-15-16-17-20-21-18-19-22-20/h9-10,18-19H,2-8,11-17H2,1H3,(H,21,22)/b10-9-. The molecule has 2 heteroatoms. The Balaban J connectivity index is 1.74. The zero-order valence-corrected chi connectivity index (χ0v) is 14.7. The molecule has 0 fully saturated rings. The van der Waals surface area contributed by atoms with Crippen molar-refractivity contribution in [2.45, 2.75) is 96.8 Å². The van der Waals surface area contributed by atoms with Crippen LogP contribution in [0.5, 0.6) is 0 Å². The summed E-state index contributed by atoms with van der Waals surface area (Å²) in [6.45, 7) is 2.28. The van der Waals surface area contributed by atoms with Gasteiger partial charge in [-0.2, -0.15) is 0 Å². The van der Waals surface area contributed by atoms with Crippen molar-refractivity contribution in [1.82, 2.24) is 9.97 Å². The van der Waals surface area contributed by atoms with Crippen LogP contribution in [0.3, 0.4) is 0 Å². The highest BCUT2D eigenvalue weighted by molar-refractivity contribution is 4.86. The van der Waals surface area contributed by atoms with E-state index >= 15 is 0 Å². The molecule has 2 nitrogen and oxygen atoms in total. The second-order valence-electron chi connectivity index (χ2n) is 6.37. The Labute approximate surface area is 137 Å². The highest BCUT2D eigenvalue weighted by Gasteiger charge is 1.95. The minimum Gasteiger partial charge on any atom is -0.349 e. The molecule has 0 saturated heterocycles. The van der Waals surface area contributed by atoms with Crippen LogP contribution in [0.1, 0.15) is 96.2 Å². The number of imidazole rings is 1. The molecule has 0 atom stereocenters. The molecule has 0 spiro atoms. The molecule has 0 aliphatic rings. The number of rotatable bonds is 15. The highest BCUT2D eigenvalue weighted by atomic mass is 14.9. The van der Waals surface area contributed by atoms with Gasteiger partial charge in [-0.25, -0.2) is 4.98 Å². The molecule has 0 unspecified atom stereocenters. The van der Waals surface area contributed by atoms with E-state index in [0.717, 1.165) is 12.2 Å². The highest BCUT2D eigenvalue weighted by Crippen LogP contribution is 2.10. The molecule has 1 rings (SSSR count). The maximum Gasteiger partial charge on any atom is 0.105 e. The first-order valence-corrected chi connectivity index (χ1v) is 9.56. The van der Waals surface area contributed by atoms with Gasteiger partial charge in [0.25, 0.3) is 0 Å². The molecule has 0 aliphatic heterocycles. The van der Waals surface area contributed by atoms with Crippen molar-refractivity contribution < 1.29 is 0 Å². The average Bonchev–Trinajstić information content (AvgIpc) is 3.04. The van der Waals surface area contributed by atoms with Gasteiger partial charge in [-0.15, -0.1) is 0 Å². The molecule has 0 bridgehead atoms. The van der Waals surface area contributed by atoms with E-state index < -0.39 is 0 Å². The van der Waals surface area contributed by atoms with E-state index in [1.807, 2.05) is 12.4 Å². The number of hydrogen-bond donors (Lipinski definition) is 1. The fourth-order valence-electron chi connectivity index (χ4n) is 2.80. The van der Waals surface area contributed by atoms with Gasteiger partial charge in [0.1, 0.15) is 5.82 Å². The predicted molar refractivity (Wildman–Crippen MR) is 97.1 cm³/mol. The van der Waals surface area contributed by atoms with Crippen LogP contribution < -0.4 is 0 Å². The van der Waals surface area contributed by atoms with Gasteiger partial charge >= 0.3 is 0 Å². The lowest BCUT2D eigenvalue weighted by atomic mass is 10.1. The first-order valence-electron chi connectivity index (χ1n) is 9.56. The maximum atomic E-state index is 4.25. The first kappa shape index (κ1) is 19.0. The van der Waals surface area contributed by atoms with E-state index in [9.17, 15) is 0 Å². The molecule has 1 heterocycles. The number of unbranched alkanes of at least 4 members (excludes halogenated alkanes) is 11. The maximum absolute atomic E-state index is 4.25. The topological polar surface area (TPSA) is 28.7 Å². The van der Waals surface area contributed by atoms with Crippen molar-refractivity contribution in [3.63, 3.8) is 0 Å². The minimum absolute atomic E-state index is 1.10. The largest absolute Gasteiger partial charge is 0.349 e. The molecule has 1 N–H and O–H groups in total. The second kappa shape index (κ2) is 14.9. The van der Waals surface area contributed by atoms with Crippen LogP contribution in [-0.4, -0.2) is 9.97 Å². The van der Waals surface area contributed by atoms with Gasteiger partial charge in [-0.1, -0.05) is 70.4 Å². The molecule has 22 heavy (non-hydrogen) atoms. The van der Waals surface area contributed by atoms with Crippen molar-refractivity contribution in [1.29, 1.82) is 0 Å². The van der Waals surface area contributed by atoms with Crippen molar-refractivity contribution in [3.8, 4) is 0 Å². The Morgan fingerprint density at radius 2 is 1.41 bits per heavy atom. The third kappa shape index (κ3) is 11.6. The molecule has 126 valence electrons. The summed E-state index contributed by atoms with van der Waals surface area (Å²) in [5.41, 5.74) is 0. The lowest BCUT2D eigenvalue weighted by Gasteiger charge is -1.99. The number of H-pyrrole nitrogens is 1. The van der Waals surface area contributed by atoms with Crippen molar-refractivity contribution >= 4 is 0 Å². The van der Waals surface area contributed by atoms with E-state index in [0.29, 0.717) is 0 Å². The number of aromatic nitrogens is 2. The van der Waals surface area contributed by atoms with Crippen LogP contribution >= 0.6 is 0 Å². The SMILES string of the molecule is CCCCCCCC/C=C\CCCCCCCc1ncc[nH]1. The molecular weight excluding hydrogens is 268 g/mol. The molecule has 0 radical (unpaired) electrons. The lowest BCUT2D eigenvalue weighted by molar-refractivity contribution is 0.607. The van der Waals surface area contributed by atoms with E-state index in [1.54, 1.807) is 0 Å². The van der Waals surface area contributed by atoms with Crippen LogP contribution in [0.2, 0.25) is 0 Å². The van der Waals surface area contributed by atoms with Crippen LogP contribution in [0, 0.1) is 0 Å². The van der Waals surface area contributed by atoms with E-state index in [4.69, 9.17) is 0 Å². The van der Waals surface area contributed by atoms with Crippen LogP contribution in [-0.2, 0) is 6.42 Å². The predicted octanol–water partition coefficient (Wildman–Crippen LogP) is 6.60. The second-order valence-corrected chi connectivity index (χ2v) is 6.37. The number of aromatic amines is 1. The summed E-state index contributed by atoms with van der Waals surface area (Å²) in [6, 6.07) is 0. The molecule has 0 aromatic carbocycles. The molecule has 1 aromatic heterocycles. The van der Waals surface area contributed by atoms with Gasteiger partial charge in [-0.3, -0.25) is 0 Å². The summed E-state index contributed by atoms with van der Waals surface area (Å²) in [5, 5.41) is 0. The quantitative estimate of drug-likeness (QED) is 0.287. The van der Waals surface area contributed by atoms with Crippen LogP contribution in [0.4, 0.5) is 0 Å². The summed E-state index contributed by atoms with van der Waals surface area (Å²) < 4.78 is 0. The van der Waals surface area contributed by atoms with E-state index in [-0.39, 0.29) is 0 Å². The van der Waals surface area contributed by atoms with Crippen LogP contribution in [0.15, 0.2) is 24.5 Å². The number of nitrogens with one attached hydrogen (secondary N) is 1. The Kier molecular flexibility index (Phi) is 12.8. The summed E-state index contributed by atoms with van der Waals surface area (Å²) in [7, 11) is 0. The third-order valence-corrected chi connectivity index (χ3v) is 4.23. The van der Waals surface area contributed by atoms with Gasteiger partial charge in [-0.05, 0) is 32.1 Å². The average molecular weight is 305 g/mol. The monoisotopic (exact) mass is 304 g/mol. The zero-order valence-electron chi connectivity index (χ0n) is 14.7. The van der Waals surface area contributed by atoms with Crippen LogP contribution in [0.25, 0.3) is 0 Å². The smallest absolute Gasteiger partial charge is 0.105 e. The number of allylic oxidation sites excluding steroid dienone is 2.